The molecule has 0 saturated carbocycles. The lowest BCUT2D eigenvalue weighted by atomic mass is 10.2. The summed E-state index contributed by atoms with van der Waals surface area (Å²) in [5, 5.41) is 0. The van der Waals surface area contributed by atoms with Gasteiger partial charge in [-0.25, -0.2) is 0 Å². The first-order valence-corrected chi connectivity index (χ1v) is 8.05. The molecular weight excluding hydrogens is 294 g/mol. The molecule has 2 saturated heterocycles. The SMILES string of the molecule is O=C(CN1CCCC1=O)N1CCN(C(=O)c2ccccc2)CC1. The van der Waals surface area contributed by atoms with Crippen LogP contribution in [0.15, 0.2) is 30.3 Å². The maximum absolute atomic E-state index is 12.4. The normalized spacial score (nSPS) is 18.4. The quantitative estimate of drug-likeness (QED) is 0.820. The number of amides is 3. The van der Waals surface area contributed by atoms with Crippen LogP contribution in [0.4, 0.5) is 0 Å². The van der Waals surface area contributed by atoms with Crippen LogP contribution in [0.5, 0.6) is 0 Å². The second-order valence-electron chi connectivity index (χ2n) is 5.96. The molecule has 0 atom stereocenters. The fourth-order valence-electron chi connectivity index (χ4n) is 3.06. The molecule has 3 rings (SSSR count). The summed E-state index contributed by atoms with van der Waals surface area (Å²) in [6, 6.07) is 9.19. The predicted molar refractivity (Wildman–Crippen MR) is 84.7 cm³/mol. The van der Waals surface area contributed by atoms with E-state index in [4.69, 9.17) is 0 Å². The van der Waals surface area contributed by atoms with E-state index in [2.05, 4.69) is 0 Å². The minimum Gasteiger partial charge on any atom is -0.338 e. The Hall–Kier alpha value is -2.37. The third-order valence-electron chi connectivity index (χ3n) is 4.44. The van der Waals surface area contributed by atoms with Crippen molar-refractivity contribution in [3.63, 3.8) is 0 Å². The second kappa shape index (κ2) is 6.81. The van der Waals surface area contributed by atoms with Gasteiger partial charge in [-0.2, -0.15) is 0 Å². The van der Waals surface area contributed by atoms with Crippen molar-refractivity contribution in [1.82, 2.24) is 14.7 Å². The molecule has 122 valence electrons. The zero-order valence-electron chi connectivity index (χ0n) is 13.1. The molecule has 2 aliphatic rings. The average molecular weight is 315 g/mol. The fourth-order valence-corrected chi connectivity index (χ4v) is 3.06. The number of likely N-dealkylation sites (tertiary alicyclic amines) is 1. The van der Waals surface area contributed by atoms with Gasteiger partial charge in [-0.1, -0.05) is 18.2 Å². The van der Waals surface area contributed by atoms with Crippen molar-refractivity contribution in [2.45, 2.75) is 12.8 Å². The Morgan fingerprint density at radius 1 is 0.913 bits per heavy atom. The number of hydrogen-bond acceptors (Lipinski definition) is 3. The lowest BCUT2D eigenvalue weighted by Crippen LogP contribution is -2.52. The molecule has 23 heavy (non-hydrogen) atoms. The first-order chi connectivity index (χ1) is 11.1. The van der Waals surface area contributed by atoms with E-state index in [0.29, 0.717) is 44.7 Å². The lowest BCUT2D eigenvalue weighted by molar-refractivity contribution is -0.139. The van der Waals surface area contributed by atoms with E-state index >= 15 is 0 Å². The van der Waals surface area contributed by atoms with E-state index in [1.807, 2.05) is 18.2 Å². The van der Waals surface area contributed by atoms with Gasteiger partial charge < -0.3 is 14.7 Å². The maximum Gasteiger partial charge on any atom is 0.253 e. The van der Waals surface area contributed by atoms with Gasteiger partial charge in [0, 0.05) is 44.7 Å². The van der Waals surface area contributed by atoms with Crippen molar-refractivity contribution in [2.75, 3.05) is 39.3 Å². The molecule has 0 spiro atoms. The Kier molecular flexibility index (Phi) is 4.60. The summed E-state index contributed by atoms with van der Waals surface area (Å²) in [7, 11) is 0. The van der Waals surface area contributed by atoms with Gasteiger partial charge in [-0.05, 0) is 18.6 Å². The number of carbonyl (C=O) groups excluding carboxylic acids is 3. The second-order valence-corrected chi connectivity index (χ2v) is 5.96. The minimum absolute atomic E-state index is 0.00687. The zero-order valence-corrected chi connectivity index (χ0v) is 13.1. The summed E-state index contributed by atoms with van der Waals surface area (Å²) in [4.78, 5) is 41.4. The van der Waals surface area contributed by atoms with Crippen molar-refractivity contribution < 1.29 is 14.4 Å². The number of nitrogens with zero attached hydrogens (tertiary/aromatic N) is 3. The highest BCUT2D eigenvalue weighted by Crippen LogP contribution is 2.12. The van der Waals surface area contributed by atoms with Gasteiger partial charge in [0.25, 0.3) is 5.91 Å². The van der Waals surface area contributed by atoms with E-state index in [-0.39, 0.29) is 24.3 Å². The third kappa shape index (κ3) is 3.52. The van der Waals surface area contributed by atoms with Crippen molar-refractivity contribution in [1.29, 1.82) is 0 Å². The first-order valence-electron chi connectivity index (χ1n) is 8.05. The number of benzene rings is 1. The summed E-state index contributed by atoms with van der Waals surface area (Å²) in [6.07, 6.45) is 1.39. The van der Waals surface area contributed by atoms with Crippen LogP contribution >= 0.6 is 0 Å². The standard InChI is InChI=1S/C17H21N3O3/c21-15-7-4-8-20(15)13-16(22)18-9-11-19(12-10-18)17(23)14-5-2-1-3-6-14/h1-3,5-6H,4,7-13H2. The highest BCUT2D eigenvalue weighted by molar-refractivity contribution is 5.94. The molecular formula is C17H21N3O3. The summed E-state index contributed by atoms with van der Waals surface area (Å²) in [5.41, 5.74) is 0.676. The molecule has 2 fully saturated rings. The number of rotatable bonds is 3. The van der Waals surface area contributed by atoms with Crippen LogP contribution in [0, 0.1) is 0 Å². The van der Waals surface area contributed by atoms with Crippen LogP contribution in [0.1, 0.15) is 23.2 Å². The summed E-state index contributed by atoms with van der Waals surface area (Å²) in [6.45, 7) is 2.97. The monoisotopic (exact) mass is 315 g/mol. The van der Waals surface area contributed by atoms with Gasteiger partial charge in [0.2, 0.25) is 11.8 Å². The number of carbonyl (C=O) groups is 3. The van der Waals surface area contributed by atoms with Crippen LogP contribution in [-0.2, 0) is 9.59 Å². The van der Waals surface area contributed by atoms with Crippen molar-refractivity contribution in [2.24, 2.45) is 0 Å². The molecule has 3 amide bonds. The Morgan fingerprint density at radius 3 is 2.17 bits per heavy atom. The van der Waals surface area contributed by atoms with Crippen LogP contribution < -0.4 is 0 Å². The van der Waals surface area contributed by atoms with Crippen LogP contribution in [0.2, 0.25) is 0 Å². The Labute approximate surface area is 135 Å². The molecule has 0 unspecified atom stereocenters. The smallest absolute Gasteiger partial charge is 0.253 e. The van der Waals surface area contributed by atoms with Crippen LogP contribution in [-0.4, -0.2) is 71.7 Å². The molecule has 2 aliphatic heterocycles. The molecule has 1 aromatic carbocycles. The predicted octanol–water partition coefficient (Wildman–Crippen LogP) is 0.593. The van der Waals surface area contributed by atoms with Crippen LogP contribution in [0.3, 0.4) is 0 Å². The third-order valence-corrected chi connectivity index (χ3v) is 4.44. The summed E-state index contributed by atoms with van der Waals surface area (Å²) >= 11 is 0. The molecule has 0 bridgehead atoms. The van der Waals surface area contributed by atoms with Gasteiger partial charge >= 0.3 is 0 Å². The fraction of sp³-hybridized carbons (Fsp3) is 0.471. The van der Waals surface area contributed by atoms with E-state index < -0.39 is 0 Å². The zero-order chi connectivity index (χ0) is 16.2. The van der Waals surface area contributed by atoms with E-state index in [9.17, 15) is 14.4 Å². The van der Waals surface area contributed by atoms with Gasteiger partial charge in [-0.15, -0.1) is 0 Å². The molecule has 6 nitrogen and oxygen atoms in total. The Bertz CT molecular complexity index is 594. The molecule has 2 heterocycles. The average Bonchev–Trinajstić information content (AvgIpc) is 3.00. The largest absolute Gasteiger partial charge is 0.338 e. The Morgan fingerprint density at radius 2 is 1.57 bits per heavy atom. The number of piperazine rings is 1. The van der Waals surface area contributed by atoms with Crippen molar-refractivity contribution >= 4 is 17.7 Å². The highest BCUT2D eigenvalue weighted by atomic mass is 16.2. The van der Waals surface area contributed by atoms with E-state index in [0.717, 1.165) is 6.42 Å². The van der Waals surface area contributed by atoms with Gasteiger partial charge in [0.1, 0.15) is 0 Å². The molecule has 0 N–H and O–H groups in total. The summed E-state index contributed by atoms with van der Waals surface area (Å²) < 4.78 is 0. The van der Waals surface area contributed by atoms with Crippen LogP contribution in [0.25, 0.3) is 0 Å². The first kappa shape index (κ1) is 15.5. The molecule has 0 aromatic heterocycles. The maximum atomic E-state index is 12.4. The highest BCUT2D eigenvalue weighted by Gasteiger charge is 2.28. The molecule has 0 aliphatic carbocycles. The van der Waals surface area contributed by atoms with Gasteiger partial charge in [0.05, 0.1) is 6.54 Å². The van der Waals surface area contributed by atoms with E-state index in [1.54, 1.807) is 26.8 Å². The topological polar surface area (TPSA) is 60.9 Å². The Balaban J connectivity index is 1.51. The van der Waals surface area contributed by atoms with Gasteiger partial charge in [-0.3, -0.25) is 14.4 Å². The minimum atomic E-state index is -0.0212. The van der Waals surface area contributed by atoms with Gasteiger partial charge in [0.15, 0.2) is 0 Å². The molecule has 0 radical (unpaired) electrons. The van der Waals surface area contributed by atoms with Crippen molar-refractivity contribution in [3.8, 4) is 0 Å². The van der Waals surface area contributed by atoms with Crippen molar-refractivity contribution in [3.05, 3.63) is 35.9 Å². The lowest BCUT2D eigenvalue weighted by Gasteiger charge is -2.35. The summed E-state index contributed by atoms with van der Waals surface area (Å²) in [5.74, 6) is 0.0516. The van der Waals surface area contributed by atoms with E-state index in [1.165, 1.54) is 0 Å². The molecule has 1 aromatic rings. The molecule has 6 heteroatoms. The number of hydrogen-bond donors (Lipinski definition) is 0.